The summed E-state index contributed by atoms with van der Waals surface area (Å²) in [6.07, 6.45) is 3.42. The number of nitrogens with zero attached hydrogens (tertiary/aromatic N) is 3. The van der Waals surface area contributed by atoms with Crippen LogP contribution in [0.2, 0.25) is 0 Å². The van der Waals surface area contributed by atoms with Crippen LogP contribution in [0, 0.1) is 3.57 Å². The normalized spacial score (nSPS) is 10.1. The second-order valence-electron chi connectivity index (χ2n) is 2.46. The highest BCUT2D eigenvalue weighted by Gasteiger charge is 2.07. The molecule has 0 aliphatic carbocycles. The van der Waals surface area contributed by atoms with Gasteiger partial charge in [0.25, 0.3) is 0 Å². The van der Waals surface area contributed by atoms with Crippen molar-refractivity contribution in [3.63, 3.8) is 0 Å². The summed E-state index contributed by atoms with van der Waals surface area (Å²) in [5, 5.41) is 0.959. The van der Waals surface area contributed by atoms with E-state index in [2.05, 4.69) is 60.3 Å². The molecule has 72 valence electrons. The van der Waals surface area contributed by atoms with Crippen molar-refractivity contribution in [2.24, 2.45) is 0 Å². The summed E-state index contributed by atoms with van der Waals surface area (Å²) in [5.41, 5.74) is 0. The zero-order valence-electron chi connectivity index (χ0n) is 7.37. The molecule has 13 heavy (non-hydrogen) atoms. The van der Waals surface area contributed by atoms with Crippen LogP contribution in [-0.4, -0.2) is 28.4 Å². The standard InChI is InChI=1S/C8H11BrIN3/c1-2-13(4-3-9)8-7(10)5-11-6-12-8/h5-6H,2-4H2,1H3. The molecular formula is C8H11BrIN3. The van der Waals surface area contributed by atoms with E-state index < -0.39 is 0 Å². The molecule has 0 saturated heterocycles. The number of hydrogen-bond donors (Lipinski definition) is 0. The molecule has 0 unspecified atom stereocenters. The second-order valence-corrected chi connectivity index (χ2v) is 4.42. The van der Waals surface area contributed by atoms with Crippen molar-refractivity contribution in [1.29, 1.82) is 0 Å². The molecular weight excluding hydrogens is 345 g/mol. The highest BCUT2D eigenvalue weighted by molar-refractivity contribution is 14.1. The van der Waals surface area contributed by atoms with E-state index in [-0.39, 0.29) is 0 Å². The average molecular weight is 356 g/mol. The number of aromatic nitrogens is 2. The Bertz CT molecular complexity index is 269. The molecule has 0 aliphatic heterocycles. The molecule has 0 N–H and O–H groups in total. The fraction of sp³-hybridized carbons (Fsp3) is 0.500. The summed E-state index contributed by atoms with van der Waals surface area (Å²) >= 11 is 5.68. The predicted octanol–water partition coefficient (Wildman–Crippen LogP) is 2.30. The van der Waals surface area contributed by atoms with Gasteiger partial charge >= 0.3 is 0 Å². The van der Waals surface area contributed by atoms with Gasteiger partial charge in [-0.05, 0) is 29.5 Å². The Kier molecular flexibility index (Phi) is 4.93. The van der Waals surface area contributed by atoms with E-state index >= 15 is 0 Å². The number of hydrogen-bond acceptors (Lipinski definition) is 3. The van der Waals surface area contributed by atoms with E-state index in [1.54, 1.807) is 6.33 Å². The molecule has 0 bridgehead atoms. The first-order valence-electron chi connectivity index (χ1n) is 4.06. The molecule has 5 heteroatoms. The van der Waals surface area contributed by atoms with Crippen molar-refractivity contribution in [2.45, 2.75) is 6.92 Å². The fourth-order valence-electron chi connectivity index (χ4n) is 1.05. The average Bonchev–Trinajstić information content (AvgIpc) is 2.16. The van der Waals surface area contributed by atoms with E-state index in [0.29, 0.717) is 0 Å². The van der Waals surface area contributed by atoms with Gasteiger partial charge in [0.05, 0.1) is 3.57 Å². The largest absolute Gasteiger partial charge is 0.355 e. The zero-order chi connectivity index (χ0) is 9.68. The van der Waals surface area contributed by atoms with Gasteiger partial charge in [-0.1, -0.05) is 15.9 Å². The Labute approximate surface area is 100 Å². The van der Waals surface area contributed by atoms with Gasteiger partial charge in [0.2, 0.25) is 0 Å². The lowest BCUT2D eigenvalue weighted by Crippen LogP contribution is -2.26. The SMILES string of the molecule is CCN(CCBr)c1ncncc1I. The molecule has 3 nitrogen and oxygen atoms in total. The molecule has 0 aromatic carbocycles. The molecule has 1 aromatic rings. The molecule has 0 amide bonds. The van der Waals surface area contributed by atoms with Crippen LogP contribution in [0.1, 0.15) is 6.92 Å². The smallest absolute Gasteiger partial charge is 0.145 e. The molecule has 0 fully saturated rings. The Morgan fingerprint density at radius 2 is 2.38 bits per heavy atom. The number of rotatable bonds is 4. The van der Waals surface area contributed by atoms with Crippen molar-refractivity contribution in [1.82, 2.24) is 9.97 Å². The van der Waals surface area contributed by atoms with Crippen LogP contribution in [0.4, 0.5) is 5.82 Å². The first-order chi connectivity index (χ1) is 6.29. The van der Waals surface area contributed by atoms with Gasteiger partial charge in [0, 0.05) is 24.6 Å². The minimum absolute atomic E-state index is 0.959. The van der Waals surface area contributed by atoms with E-state index in [4.69, 9.17) is 0 Å². The van der Waals surface area contributed by atoms with Crippen molar-refractivity contribution in [3.05, 3.63) is 16.1 Å². The van der Waals surface area contributed by atoms with Crippen LogP contribution in [0.15, 0.2) is 12.5 Å². The van der Waals surface area contributed by atoms with E-state index in [0.717, 1.165) is 27.8 Å². The summed E-state index contributed by atoms with van der Waals surface area (Å²) in [6, 6.07) is 0. The summed E-state index contributed by atoms with van der Waals surface area (Å²) in [6.45, 7) is 4.07. The van der Waals surface area contributed by atoms with E-state index in [1.807, 2.05) is 6.20 Å². The van der Waals surface area contributed by atoms with Crippen LogP contribution in [0.25, 0.3) is 0 Å². The second kappa shape index (κ2) is 5.74. The van der Waals surface area contributed by atoms with Crippen molar-refractivity contribution < 1.29 is 0 Å². The summed E-state index contributed by atoms with van der Waals surface area (Å²) in [4.78, 5) is 10.4. The van der Waals surface area contributed by atoms with E-state index in [9.17, 15) is 0 Å². The molecule has 0 radical (unpaired) electrons. The van der Waals surface area contributed by atoms with Crippen LogP contribution in [-0.2, 0) is 0 Å². The van der Waals surface area contributed by atoms with Gasteiger partial charge in [0.15, 0.2) is 0 Å². The molecule has 0 spiro atoms. The lowest BCUT2D eigenvalue weighted by molar-refractivity contribution is 0.845. The molecule has 0 saturated carbocycles. The third-order valence-electron chi connectivity index (χ3n) is 1.68. The molecule has 0 aliphatic rings. The Balaban J connectivity index is 2.84. The van der Waals surface area contributed by atoms with Crippen LogP contribution in [0.5, 0.6) is 0 Å². The maximum absolute atomic E-state index is 4.25. The van der Waals surface area contributed by atoms with Crippen LogP contribution >= 0.6 is 38.5 Å². The van der Waals surface area contributed by atoms with Crippen molar-refractivity contribution >= 4 is 44.3 Å². The molecule has 1 aromatic heterocycles. The zero-order valence-corrected chi connectivity index (χ0v) is 11.1. The van der Waals surface area contributed by atoms with Crippen molar-refractivity contribution in [3.8, 4) is 0 Å². The van der Waals surface area contributed by atoms with Gasteiger partial charge in [-0.3, -0.25) is 0 Å². The van der Waals surface area contributed by atoms with Crippen molar-refractivity contribution in [2.75, 3.05) is 23.3 Å². The maximum atomic E-state index is 4.25. The lowest BCUT2D eigenvalue weighted by atomic mass is 10.4. The third kappa shape index (κ3) is 3.05. The highest BCUT2D eigenvalue weighted by atomic mass is 127. The van der Waals surface area contributed by atoms with Crippen LogP contribution in [0.3, 0.4) is 0 Å². The van der Waals surface area contributed by atoms with Gasteiger partial charge < -0.3 is 4.90 Å². The number of halogens is 2. The minimum atomic E-state index is 0.959. The summed E-state index contributed by atoms with van der Waals surface area (Å²) < 4.78 is 1.10. The van der Waals surface area contributed by atoms with Gasteiger partial charge in [-0.2, -0.15) is 0 Å². The lowest BCUT2D eigenvalue weighted by Gasteiger charge is -2.21. The Hall–Kier alpha value is 0.0900. The quantitative estimate of drug-likeness (QED) is 0.613. The molecule has 0 atom stereocenters. The minimum Gasteiger partial charge on any atom is -0.355 e. The monoisotopic (exact) mass is 355 g/mol. The third-order valence-corrected chi connectivity index (χ3v) is 2.80. The maximum Gasteiger partial charge on any atom is 0.145 e. The van der Waals surface area contributed by atoms with E-state index in [1.165, 1.54) is 0 Å². The first-order valence-corrected chi connectivity index (χ1v) is 6.26. The van der Waals surface area contributed by atoms with Gasteiger partial charge in [0.1, 0.15) is 12.1 Å². The molecule has 1 rings (SSSR count). The Morgan fingerprint density at radius 1 is 1.62 bits per heavy atom. The summed E-state index contributed by atoms with van der Waals surface area (Å²) in [5.74, 6) is 1.03. The van der Waals surface area contributed by atoms with Gasteiger partial charge in [-0.25, -0.2) is 9.97 Å². The fourth-order valence-corrected chi connectivity index (χ4v) is 2.12. The van der Waals surface area contributed by atoms with Crippen LogP contribution < -0.4 is 4.90 Å². The number of alkyl halides is 1. The topological polar surface area (TPSA) is 29.0 Å². The Morgan fingerprint density at radius 3 is 2.92 bits per heavy atom. The summed E-state index contributed by atoms with van der Waals surface area (Å²) in [7, 11) is 0. The predicted molar refractivity (Wildman–Crippen MR) is 66.4 cm³/mol. The first kappa shape index (κ1) is 11.2. The number of anilines is 1. The van der Waals surface area contributed by atoms with Gasteiger partial charge in [-0.15, -0.1) is 0 Å². The molecule has 1 heterocycles. The highest BCUT2D eigenvalue weighted by Crippen LogP contribution is 2.17.